The van der Waals surface area contributed by atoms with Gasteiger partial charge < -0.3 is 9.47 Å². The fourth-order valence-electron chi connectivity index (χ4n) is 2.67. The van der Waals surface area contributed by atoms with Crippen LogP contribution in [0.25, 0.3) is 6.08 Å². The highest BCUT2D eigenvalue weighted by atomic mass is 32.2. The zero-order chi connectivity index (χ0) is 20.8. The first kappa shape index (κ1) is 20.7. The highest BCUT2D eigenvalue weighted by Gasteiger charge is 2.24. The lowest BCUT2D eigenvalue weighted by Crippen LogP contribution is -2.19. The molecule has 1 aliphatic heterocycles. The van der Waals surface area contributed by atoms with Crippen LogP contribution in [0.2, 0.25) is 0 Å². The van der Waals surface area contributed by atoms with Crippen molar-refractivity contribution in [1.29, 1.82) is 0 Å². The molecule has 1 saturated heterocycles. The first-order chi connectivity index (χ1) is 14.0. The minimum absolute atomic E-state index is 0.219. The molecule has 0 atom stereocenters. The molecule has 2 aromatic carbocycles. The molecule has 0 aromatic heterocycles. The number of hydrogen-bond acceptors (Lipinski definition) is 6. The summed E-state index contributed by atoms with van der Waals surface area (Å²) in [4.78, 5) is 12.8. The van der Waals surface area contributed by atoms with E-state index in [1.165, 1.54) is 17.3 Å². The van der Waals surface area contributed by atoms with Gasteiger partial charge in [0.05, 0.1) is 25.3 Å². The van der Waals surface area contributed by atoms with Crippen molar-refractivity contribution in [3.63, 3.8) is 0 Å². The van der Waals surface area contributed by atoms with Crippen molar-refractivity contribution in [2.75, 3.05) is 14.2 Å². The van der Waals surface area contributed by atoms with Crippen LogP contribution in [0, 0.1) is 0 Å². The molecule has 3 rings (SSSR count). The smallest absolute Gasteiger partial charge is 0.264 e. The van der Waals surface area contributed by atoms with Gasteiger partial charge in [-0.05, 0) is 47.0 Å². The fourth-order valence-corrected chi connectivity index (χ4v) is 3.44. The fraction of sp³-hybridized carbons (Fsp3) is 0.227. The second-order valence-corrected chi connectivity index (χ2v) is 7.67. The minimum Gasteiger partial charge on any atom is -0.497 e. The standard InChI is InChI=1S/C22H23N3O3S/c1-14(2)16-7-5-15(6-8-16)13-23-25-22-24-21(26)20(29-22)11-17-9-10-18(27-3)12-19(17)28-4/h5-14H,1-4H3,(H,24,25,26)/b20-11+,23-13?. The Kier molecular flexibility index (Phi) is 6.72. The molecule has 29 heavy (non-hydrogen) atoms. The van der Waals surface area contributed by atoms with Crippen LogP contribution in [0.1, 0.15) is 36.5 Å². The zero-order valence-electron chi connectivity index (χ0n) is 16.8. The highest BCUT2D eigenvalue weighted by molar-refractivity contribution is 8.18. The summed E-state index contributed by atoms with van der Waals surface area (Å²) < 4.78 is 10.6. The van der Waals surface area contributed by atoms with Crippen LogP contribution < -0.4 is 14.8 Å². The number of hydrogen-bond donors (Lipinski definition) is 1. The van der Waals surface area contributed by atoms with Crippen molar-refractivity contribution in [1.82, 2.24) is 5.32 Å². The lowest BCUT2D eigenvalue weighted by Gasteiger charge is -2.07. The predicted octanol–water partition coefficient (Wildman–Crippen LogP) is 4.42. The summed E-state index contributed by atoms with van der Waals surface area (Å²) >= 11 is 1.23. The first-order valence-electron chi connectivity index (χ1n) is 9.14. The third kappa shape index (κ3) is 5.26. The monoisotopic (exact) mass is 409 g/mol. The lowest BCUT2D eigenvalue weighted by molar-refractivity contribution is -0.115. The first-order valence-corrected chi connectivity index (χ1v) is 9.95. The van der Waals surface area contributed by atoms with E-state index in [-0.39, 0.29) is 5.91 Å². The summed E-state index contributed by atoms with van der Waals surface area (Å²) in [5.74, 6) is 1.58. The van der Waals surface area contributed by atoms with Gasteiger partial charge in [-0.25, -0.2) is 0 Å². The molecule has 0 saturated carbocycles. The molecule has 1 N–H and O–H groups in total. The Hall–Kier alpha value is -3.06. The maximum absolute atomic E-state index is 12.2. The van der Waals surface area contributed by atoms with Crippen LogP contribution in [-0.2, 0) is 4.79 Å². The maximum atomic E-state index is 12.2. The minimum atomic E-state index is -0.219. The van der Waals surface area contributed by atoms with Crippen LogP contribution >= 0.6 is 11.8 Å². The molecule has 0 aliphatic carbocycles. The van der Waals surface area contributed by atoms with E-state index in [2.05, 4.69) is 41.5 Å². The van der Waals surface area contributed by atoms with Gasteiger partial charge in [-0.1, -0.05) is 38.1 Å². The third-order valence-electron chi connectivity index (χ3n) is 4.34. The van der Waals surface area contributed by atoms with Crippen LogP contribution in [0.3, 0.4) is 0 Å². The van der Waals surface area contributed by atoms with Crippen molar-refractivity contribution < 1.29 is 14.3 Å². The quantitative estimate of drug-likeness (QED) is 0.435. The van der Waals surface area contributed by atoms with E-state index in [9.17, 15) is 4.79 Å². The number of ether oxygens (including phenoxy) is 2. The Bertz CT molecular complexity index is 979. The number of rotatable bonds is 6. The molecule has 0 bridgehead atoms. The van der Waals surface area contributed by atoms with Gasteiger partial charge in [0.15, 0.2) is 5.17 Å². The molecule has 0 spiro atoms. The molecule has 7 heteroatoms. The van der Waals surface area contributed by atoms with Gasteiger partial charge in [0.1, 0.15) is 11.5 Å². The van der Waals surface area contributed by atoms with E-state index in [1.54, 1.807) is 32.6 Å². The van der Waals surface area contributed by atoms with Crippen molar-refractivity contribution in [2.24, 2.45) is 10.2 Å². The summed E-state index contributed by atoms with van der Waals surface area (Å²) in [5.41, 5.74) is 3.00. The van der Waals surface area contributed by atoms with Crippen LogP contribution in [0.4, 0.5) is 0 Å². The summed E-state index contributed by atoms with van der Waals surface area (Å²) in [5, 5.41) is 11.4. The summed E-state index contributed by atoms with van der Waals surface area (Å²) in [6.45, 7) is 4.31. The molecule has 0 unspecified atom stereocenters. The zero-order valence-corrected chi connectivity index (χ0v) is 17.6. The van der Waals surface area contributed by atoms with Gasteiger partial charge in [-0.2, -0.15) is 5.10 Å². The number of amidine groups is 1. The molecule has 1 amide bonds. The van der Waals surface area contributed by atoms with E-state index in [0.29, 0.717) is 27.5 Å². The van der Waals surface area contributed by atoms with Gasteiger partial charge in [-0.15, -0.1) is 5.10 Å². The molecule has 1 aliphatic rings. The molecular formula is C22H23N3O3S. The Morgan fingerprint density at radius 1 is 1.07 bits per heavy atom. The van der Waals surface area contributed by atoms with E-state index in [4.69, 9.17) is 9.47 Å². The Labute approximate surface area is 174 Å². The van der Waals surface area contributed by atoms with E-state index in [0.717, 1.165) is 11.1 Å². The number of benzene rings is 2. The average molecular weight is 410 g/mol. The van der Waals surface area contributed by atoms with Crippen molar-refractivity contribution >= 4 is 35.1 Å². The van der Waals surface area contributed by atoms with Gasteiger partial charge >= 0.3 is 0 Å². The second-order valence-electron chi connectivity index (χ2n) is 6.64. The summed E-state index contributed by atoms with van der Waals surface area (Å²) in [6.07, 6.45) is 3.42. The number of nitrogens with one attached hydrogen (secondary N) is 1. The number of nitrogens with zero attached hydrogens (tertiary/aromatic N) is 2. The van der Waals surface area contributed by atoms with Gasteiger partial charge in [0, 0.05) is 11.6 Å². The Balaban J connectivity index is 1.72. The van der Waals surface area contributed by atoms with E-state index in [1.807, 2.05) is 24.3 Å². The van der Waals surface area contributed by atoms with Gasteiger partial charge in [0.25, 0.3) is 5.91 Å². The molecular weight excluding hydrogens is 386 g/mol. The van der Waals surface area contributed by atoms with E-state index >= 15 is 0 Å². The summed E-state index contributed by atoms with van der Waals surface area (Å²) in [6, 6.07) is 13.6. The van der Waals surface area contributed by atoms with Gasteiger partial charge in [0.2, 0.25) is 0 Å². The van der Waals surface area contributed by atoms with Gasteiger partial charge in [-0.3, -0.25) is 10.1 Å². The molecule has 1 fully saturated rings. The van der Waals surface area contributed by atoms with Crippen molar-refractivity contribution in [2.45, 2.75) is 19.8 Å². The molecule has 0 radical (unpaired) electrons. The third-order valence-corrected chi connectivity index (χ3v) is 5.24. The number of amides is 1. The highest BCUT2D eigenvalue weighted by Crippen LogP contribution is 2.31. The maximum Gasteiger partial charge on any atom is 0.264 e. The Morgan fingerprint density at radius 3 is 2.48 bits per heavy atom. The molecule has 1 heterocycles. The number of carbonyl (C=O) groups is 1. The van der Waals surface area contributed by atoms with E-state index < -0.39 is 0 Å². The number of carbonyl (C=O) groups excluding carboxylic acids is 1. The average Bonchev–Trinajstić information content (AvgIpc) is 3.07. The number of methoxy groups -OCH3 is 2. The van der Waals surface area contributed by atoms with Crippen LogP contribution in [-0.4, -0.2) is 31.5 Å². The number of thioether (sulfide) groups is 1. The summed E-state index contributed by atoms with van der Waals surface area (Å²) in [7, 11) is 3.17. The molecule has 6 nitrogen and oxygen atoms in total. The molecule has 2 aromatic rings. The molecule has 150 valence electrons. The largest absolute Gasteiger partial charge is 0.497 e. The Morgan fingerprint density at radius 2 is 1.83 bits per heavy atom. The second kappa shape index (κ2) is 9.43. The normalized spacial score (nSPS) is 16.8. The predicted molar refractivity (Wildman–Crippen MR) is 119 cm³/mol. The van der Waals surface area contributed by atoms with Crippen molar-refractivity contribution in [3.8, 4) is 11.5 Å². The lowest BCUT2D eigenvalue weighted by atomic mass is 10.0. The van der Waals surface area contributed by atoms with Crippen LogP contribution in [0.15, 0.2) is 57.6 Å². The van der Waals surface area contributed by atoms with Crippen molar-refractivity contribution in [3.05, 3.63) is 64.1 Å². The topological polar surface area (TPSA) is 72.3 Å². The SMILES string of the molecule is COc1ccc(/C=C2/SC(=NN=Cc3ccc(C(C)C)cc3)NC2=O)c(OC)c1. The van der Waals surface area contributed by atoms with Crippen LogP contribution in [0.5, 0.6) is 11.5 Å².